The van der Waals surface area contributed by atoms with Gasteiger partial charge in [0.15, 0.2) is 17.5 Å². The Morgan fingerprint density at radius 3 is 1.00 bits per heavy atom. The van der Waals surface area contributed by atoms with Crippen molar-refractivity contribution in [1.29, 1.82) is 0 Å². The first-order valence-electron chi connectivity index (χ1n) is 17.9. The van der Waals surface area contributed by atoms with Crippen LogP contribution in [0.3, 0.4) is 0 Å². The highest BCUT2D eigenvalue weighted by Gasteiger charge is 2.19. The second-order valence-corrected chi connectivity index (χ2v) is 13.0. The molecule has 7 heteroatoms. The Kier molecular flexibility index (Phi) is 7.66. The van der Waals surface area contributed by atoms with Crippen molar-refractivity contribution < 1.29 is 0 Å². The molecule has 0 aliphatic carbocycles. The van der Waals surface area contributed by atoms with Crippen LogP contribution in [0.25, 0.3) is 90.4 Å². The Bertz CT molecular complexity index is 2720. The number of hydrogen-bond acceptors (Lipinski definition) is 5. The summed E-state index contributed by atoms with van der Waals surface area (Å²) in [6.07, 6.45) is 0. The van der Waals surface area contributed by atoms with Crippen molar-refractivity contribution in [3.63, 3.8) is 0 Å². The van der Waals surface area contributed by atoms with Crippen LogP contribution in [-0.4, -0.2) is 34.1 Å². The van der Waals surface area contributed by atoms with Gasteiger partial charge in [0.2, 0.25) is 0 Å². The van der Waals surface area contributed by atoms with E-state index in [9.17, 15) is 0 Å². The van der Waals surface area contributed by atoms with Gasteiger partial charge in [0.05, 0.1) is 22.1 Å². The van der Waals surface area contributed by atoms with E-state index >= 15 is 0 Å². The molecule has 7 nitrogen and oxygen atoms in total. The maximum atomic E-state index is 5.18. The number of fused-ring (bicyclic) bond motifs is 2. The molecule has 0 bridgehead atoms. The summed E-state index contributed by atoms with van der Waals surface area (Å²) in [5, 5.41) is 0. The lowest BCUT2D eigenvalue weighted by molar-refractivity contribution is 1.07. The van der Waals surface area contributed by atoms with Crippen LogP contribution < -0.4 is 0 Å². The number of para-hydroxylation sites is 2. The third kappa shape index (κ3) is 5.61. The molecular weight excluding hydrogens is 663 g/mol. The minimum atomic E-state index is 0.566. The summed E-state index contributed by atoms with van der Waals surface area (Å²) in [6.45, 7) is 0. The van der Waals surface area contributed by atoms with Crippen LogP contribution in [0.15, 0.2) is 188 Å². The highest BCUT2D eigenvalue weighted by atomic mass is 15.1. The molecule has 0 N–H and O–H groups in total. The van der Waals surface area contributed by atoms with Gasteiger partial charge in [-0.05, 0) is 60.7 Å². The Morgan fingerprint density at radius 1 is 0.278 bits per heavy atom. The molecule has 0 saturated carbocycles. The van der Waals surface area contributed by atoms with E-state index in [-0.39, 0.29) is 0 Å². The van der Waals surface area contributed by atoms with Crippen molar-refractivity contribution in [2.45, 2.75) is 0 Å². The molecule has 0 unspecified atom stereocenters. The van der Waals surface area contributed by atoms with Crippen LogP contribution in [0.1, 0.15) is 0 Å². The van der Waals surface area contributed by atoms with E-state index in [0.717, 1.165) is 72.9 Å². The van der Waals surface area contributed by atoms with Crippen molar-refractivity contribution in [3.05, 3.63) is 188 Å². The second kappa shape index (κ2) is 13.2. The first-order chi connectivity index (χ1) is 26.8. The normalized spacial score (nSPS) is 11.3. The summed E-state index contributed by atoms with van der Waals surface area (Å²) in [5.41, 5.74) is 10.4. The van der Waals surface area contributed by atoms with Crippen LogP contribution in [0, 0.1) is 0 Å². The molecule has 7 aromatic carbocycles. The molecule has 0 fully saturated rings. The van der Waals surface area contributed by atoms with Gasteiger partial charge in [0.25, 0.3) is 0 Å². The van der Waals surface area contributed by atoms with Gasteiger partial charge in [-0.15, -0.1) is 0 Å². The number of benzene rings is 7. The molecular formula is C47H31N7. The van der Waals surface area contributed by atoms with Crippen molar-refractivity contribution in [3.8, 4) is 68.3 Å². The molecule has 3 heterocycles. The predicted octanol–water partition coefficient (Wildman–Crippen LogP) is 10.9. The Hall–Kier alpha value is -7.51. The molecule has 10 rings (SSSR count). The van der Waals surface area contributed by atoms with Crippen molar-refractivity contribution >= 4 is 22.1 Å². The van der Waals surface area contributed by atoms with E-state index in [0.29, 0.717) is 17.5 Å². The van der Waals surface area contributed by atoms with Gasteiger partial charge in [-0.3, -0.25) is 9.13 Å². The SMILES string of the molecule is c1ccc(-c2nc(-c3ccc4c(c3)nc(-c3ccccc3)n4-c3ccccc3)nc(-c3ccc4c(c3)nc(-c3ccccc3)n4-c3ccccc3)n2)cc1. The summed E-state index contributed by atoms with van der Waals surface area (Å²) >= 11 is 0. The third-order valence-electron chi connectivity index (χ3n) is 9.59. The van der Waals surface area contributed by atoms with E-state index in [4.69, 9.17) is 24.9 Å². The van der Waals surface area contributed by atoms with Crippen LogP contribution >= 0.6 is 0 Å². The highest BCUT2D eigenvalue weighted by Crippen LogP contribution is 2.34. The molecule has 0 aliphatic rings. The molecule has 0 spiro atoms. The van der Waals surface area contributed by atoms with Crippen LogP contribution in [0.2, 0.25) is 0 Å². The van der Waals surface area contributed by atoms with Gasteiger partial charge in [-0.25, -0.2) is 24.9 Å². The largest absolute Gasteiger partial charge is 0.292 e. The first-order valence-corrected chi connectivity index (χ1v) is 17.9. The number of aromatic nitrogens is 7. The van der Waals surface area contributed by atoms with Gasteiger partial charge in [-0.1, -0.05) is 127 Å². The quantitative estimate of drug-likeness (QED) is 0.166. The second-order valence-electron chi connectivity index (χ2n) is 13.0. The summed E-state index contributed by atoms with van der Waals surface area (Å²) in [6, 6.07) is 63.8. The average molecular weight is 694 g/mol. The number of imidazole rings is 2. The monoisotopic (exact) mass is 693 g/mol. The number of nitrogens with zero attached hydrogens (tertiary/aromatic N) is 7. The maximum Gasteiger partial charge on any atom is 0.164 e. The van der Waals surface area contributed by atoms with Gasteiger partial charge in [0, 0.05) is 39.2 Å². The predicted molar refractivity (Wildman–Crippen MR) is 216 cm³/mol. The standard InChI is InChI=1S/C47H31N7/c1-6-16-32(17-7-1)43-50-44(35-26-28-41-39(30-35)48-46(33-18-8-2-9-19-33)53(41)37-22-12-4-13-23-37)52-45(51-43)36-27-29-42-40(31-36)49-47(34-20-10-3-11-21-34)54(42)38-24-14-5-15-25-38/h1-31H. The Morgan fingerprint density at radius 2 is 0.611 bits per heavy atom. The lowest BCUT2D eigenvalue weighted by Crippen LogP contribution is -2.00. The van der Waals surface area contributed by atoms with Crippen molar-refractivity contribution in [1.82, 2.24) is 34.1 Å². The van der Waals surface area contributed by atoms with Crippen LogP contribution in [0.5, 0.6) is 0 Å². The lowest BCUT2D eigenvalue weighted by Gasteiger charge is -2.11. The van der Waals surface area contributed by atoms with Gasteiger partial charge in [0.1, 0.15) is 11.6 Å². The van der Waals surface area contributed by atoms with E-state index in [1.165, 1.54) is 0 Å². The topological polar surface area (TPSA) is 74.3 Å². The van der Waals surface area contributed by atoms with Gasteiger partial charge >= 0.3 is 0 Å². The van der Waals surface area contributed by atoms with E-state index in [2.05, 4.69) is 94.1 Å². The number of rotatable bonds is 7. The van der Waals surface area contributed by atoms with Gasteiger partial charge < -0.3 is 0 Å². The Labute approximate surface area is 311 Å². The lowest BCUT2D eigenvalue weighted by atomic mass is 10.1. The fourth-order valence-electron chi connectivity index (χ4n) is 7.03. The van der Waals surface area contributed by atoms with Crippen LogP contribution in [-0.2, 0) is 0 Å². The minimum absolute atomic E-state index is 0.566. The van der Waals surface area contributed by atoms with Gasteiger partial charge in [-0.2, -0.15) is 0 Å². The minimum Gasteiger partial charge on any atom is -0.292 e. The summed E-state index contributed by atoms with van der Waals surface area (Å²) in [5.74, 6) is 3.46. The fraction of sp³-hybridized carbons (Fsp3) is 0. The zero-order chi connectivity index (χ0) is 35.8. The molecule has 0 atom stereocenters. The molecule has 3 aromatic heterocycles. The fourth-order valence-corrected chi connectivity index (χ4v) is 7.03. The van der Waals surface area contributed by atoms with Crippen molar-refractivity contribution in [2.75, 3.05) is 0 Å². The van der Waals surface area contributed by atoms with E-state index < -0.39 is 0 Å². The first kappa shape index (κ1) is 31.2. The molecule has 0 saturated heterocycles. The molecule has 254 valence electrons. The zero-order valence-electron chi connectivity index (χ0n) is 29.0. The maximum absolute atomic E-state index is 5.18. The summed E-state index contributed by atoms with van der Waals surface area (Å²) < 4.78 is 4.41. The zero-order valence-corrected chi connectivity index (χ0v) is 29.0. The van der Waals surface area contributed by atoms with Crippen molar-refractivity contribution in [2.24, 2.45) is 0 Å². The third-order valence-corrected chi connectivity index (χ3v) is 9.59. The number of hydrogen-bond donors (Lipinski definition) is 0. The summed E-state index contributed by atoms with van der Waals surface area (Å²) in [7, 11) is 0. The smallest absolute Gasteiger partial charge is 0.164 e. The molecule has 0 aliphatic heterocycles. The molecule has 0 radical (unpaired) electrons. The van der Waals surface area contributed by atoms with Crippen LogP contribution in [0.4, 0.5) is 0 Å². The highest BCUT2D eigenvalue weighted by molar-refractivity contribution is 5.88. The van der Waals surface area contributed by atoms with E-state index in [1.807, 2.05) is 103 Å². The molecule has 0 amide bonds. The van der Waals surface area contributed by atoms with E-state index in [1.54, 1.807) is 0 Å². The molecule has 54 heavy (non-hydrogen) atoms. The summed E-state index contributed by atoms with van der Waals surface area (Å²) in [4.78, 5) is 25.5. The average Bonchev–Trinajstić information content (AvgIpc) is 3.84. The molecule has 10 aromatic rings. The Balaban J connectivity index is 1.14.